The lowest BCUT2D eigenvalue weighted by Crippen LogP contribution is -2.31. The molecule has 0 aliphatic carbocycles. The monoisotopic (exact) mass is 313 g/mol. The minimum Gasteiger partial charge on any atom is -0.382 e. The van der Waals surface area contributed by atoms with Crippen molar-refractivity contribution in [2.45, 2.75) is 46.1 Å². The summed E-state index contributed by atoms with van der Waals surface area (Å²) < 4.78 is 5.79. The Hall–Kier alpha value is -1.84. The van der Waals surface area contributed by atoms with Crippen molar-refractivity contribution < 1.29 is 9.84 Å². The van der Waals surface area contributed by atoms with E-state index in [2.05, 4.69) is 50.4 Å². The smallest absolute Gasteiger partial charge is 0.152 e. The molecule has 0 aliphatic rings. The molecule has 2 unspecified atom stereocenters. The van der Waals surface area contributed by atoms with Crippen molar-refractivity contribution in [3.8, 4) is 0 Å². The summed E-state index contributed by atoms with van der Waals surface area (Å²) in [7, 11) is 0. The van der Waals surface area contributed by atoms with E-state index in [4.69, 9.17) is 4.74 Å². The number of nitrogens with one attached hydrogen (secondary N) is 1. The molecule has 3 nitrogen and oxygen atoms in total. The Balaban J connectivity index is 2.12. The summed E-state index contributed by atoms with van der Waals surface area (Å²) in [5, 5.41) is 13.2. The Bertz CT molecular complexity index is 580. The number of aliphatic hydroxyl groups excluding tert-OH is 1. The fraction of sp³-hybridized carbons (Fsp3) is 0.400. The third-order valence-corrected chi connectivity index (χ3v) is 4.18. The molecule has 0 bridgehead atoms. The highest BCUT2D eigenvalue weighted by atomic mass is 16.6. The van der Waals surface area contributed by atoms with Crippen LogP contribution in [0.2, 0.25) is 0 Å². The highest BCUT2D eigenvalue weighted by Gasteiger charge is 2.26. The van der Waals surface area contributed by atoms with Gasteiger partial charge in [0.05, 0.1) is 6.10 Å². The van der Waals surface area contributed by atoms with E-state index in [1.807, 2.05) is 30.3 Å². The molecule has 3 heteroatoms. The van der Waals surface area contributed by atoms with E-state index < -0.39 is 6.29 Å². The van der Waals surface area contributed by atoms with Gasteiger partial charge in [-0.05, 0) is 38.5 Å². The predicted molar refractivity (Wildman–Crippen MR) is 95.4 cm³/mol. The third-order valence-electron chi connectivity index (χ3n) is 4.18. The van der Waals surface area contributed by atoms with Gasteiger partial charge < -0.3 is 15.2 Å². The standard InChI is InChI=1S/C20H27NO2/c1-14-10-12-19(13-11-14)21-16(3)15(2)20(23-17(4)22)18-8-6-5-7-9-18/h5-13,15-17,20-22H,1-4H3/t15?,16-,17+,20?/m0/s1. The quantitative estimate of drug-likeness (QED) is 0.738. The second-order valence-electron chi connectivity index (χ2n) is 6.22. The van der Waals surface area contributed by atoms with Crippen molar-refractivity contribution in [3.63, 3.8) is 0 Å². The Labute approximate surface area is 139 Å². The van der Waals surface area contributed by atoms with Crippen LogP contribution < -0.4 is 5.32 Å². The zero-order valence-electron chi connectivity index (χ0n) is 14.4. The van der Waals surface area contributed by atoms with Crippen molar-refractivity contribution >= 4 is 5.69 Å². The van der Waals surface area contributed by atoms with E-state index in [-0.39, 0.29) is 18.1 Å². The summed E-state index contributed by atoms with van der Waals surface area (Å²) in [4.78, 5) is 0. The first-order valence-electron chi connectivity index (χ1n) is 8.19. The van der Waals surface area contributed by atoms with E-state index in [0.29, 0.717) is 0 Å². The van der Waals surface area contributed by atoms with Gasteiger partial charge in [0.25, 0.3) is 0 Å². The van der Waals surface area contributed by atoms with Crippen molar-refractivity contribution in [2.24, 2.45) is 5.92 Å². The number of hydrogen-bond acceptors (Lipinski definition) is 3. The molecular formula is C20H27NO2. The Morgan fingerprint density at radius 3 is 2.09 bits per heavy atom. The fourth-order valence-corrected chi connectivity index (χ4v) is 2.67. The molecule has 0 fully saturated rings. The molecule has 2 aromatic rings. The Morgan fingerprint density at radius 2 is 1.52 bits per heavy atom. The summed E-state index contributed by atoms with van der Waals surface area (Å²) in [6.45, 7) is 8.02. The Kier molecular flexibility index (Phi) is 6.20. The molecule has 0 spiro atoms. The molecule has 0 aromatic heterocycles. The topological polar surface area (TPSA) is 41.5 Å². The van der Waals surface area contributed by atoms with Crippen molar-refractivity contribution in [1.82, 2.24) is 0 Å². The molecule has 0 heterocycles. The molecule has 0 radical (unpaired) electrons. The van der Waals surface area contributed by atoms with Gasteiger partial charge in [0.2, 0.25) is 0 Å². The average molecular weight is 313 g/mol. The van der Waals surface area contributed by atoms with Gasteiger partial charge in [-0.3, -0.25) is 0 Å². The molecule has 2 N–H and O–H groups in total. The maximum absolute atomic E-state index is 9.69. The van der Waals surface area contributed by atoms with Crippen molar-refractivity contribution in [2.75, 3.05) is 5.32 Å². The lowest BCUT2D eigenvalue weighted by molar-refractivity contribution is -0.142. The van der Waals surface area contributed by atoms with Crippen molar-refractivity contribution in [1.29, 1.82) is 0 Å². The molecule has 0 amide bonds. The van der Waals surface area contributed by atoms with Gasteiger partial charge >= 0.3 is 0 Å². The molecule has 0 saturated carbocycles. The summed E-state index contributed by atoms with van der Waals surface area (Å²) in [5.41, 5.74) is 3.42. The molecule has 2 rings (SSSR count). The van der Waals surface area contributed by atoms with Gasteiger partial charge in [0.15, 0.2) is 6.29 Å². The molecular weight excluding hydrogens is 286 g/mol. The van der Waals surface area contributed by atoms with Crippen LogP contribution in [0.3, 0.4) is 0 Å². The van der Waals surface area contributed by atoms with Gasteiger partial charge in [0, 0.05) is 17.6 Å². The van der Waals surface area contributed by atoms with E-state index in [1.165, 1.54) is 5.56 Å². The minimum atomic E-state index is -0.797. The first kappa shape index (κ1) is 17.5. The number of ether oxygens (including phenoxy) is 1. The third kappa shape index (κ3) is 5.08. The van der Waals surface area contributed by atoms with Gasteiger partial charge in [-0.15, -0.1) is 0 Å². The number of benzene rings is 2. The number of aryl methyl sites for hydroxylation is 1. The molecule has 23 heavy (non-hydrogen) atoms. The van der Waals surface area contributed by atoms with E-state index in [1.54, 1.807) is 6.92 Å². The minimum absolute atomic E-state index is 0.163. The Morgan fingerprint density at radius 1 is 0.913 bits per heavy atom. The number of aliphatic hydroxyl groups is 1. The zero-order chi connectivity index (χ0) is 16.8. The number of rotatable bonds is 7. The number of anilines is 1. The highest BCUT2D eigenvalue weighted by Crippen LogP contribution is 2.30. The van der Waals surface area contributed by atoms with Crippen LogP contribution in [0.25, 0.3) is 0 Å². The normalized spacial score (nSPS) is 16.4. The van der Waals surface area contributed by atoms with Crippen LogP contribution in [-0.2, 0) is 4.74 Å². The first-order chi connectivity index (χ1) is 11.0. The van der Waals surface area contributed by atoms with Crippen LogP contribution in [-0.4, -0.2) is 17.4 Å². The van der Waals surface area contributed by atoms with Gasteiger partial charge in [-0.25, -0.2) is 0 Å². The lowest BCUT2D eigenvalue weighted by atomic mass is 9.91. The van der Waals surface area contributed by atoms with Crippen molar-refractivity contribution in [3.05, 3.63) is 65.7 Å². The van der Waals surface area contributed by atoms with E-state index >= 15 is 0 Å². The summed E-state index contributed by atoms with van der Waals surface area (Å²) >= 11 is 0. The molecule has 0 saturated heterocycles. The van der Waals surface area contributed by atoms with E-state index in [0.717, 1.165) is 11.3 Å². The zero-order valence-corrected chi connectivity index (χ0v) is 14.4. The lowest BCUT2D eigenvalue weighted by Gasteiger charge is -2.31. The molecule has 0 aliphatic heterocycles. The van der Waals surface area contributed by atoms with Gasteiger partial charge in [-0.1, -0.05) is 55.0 Å². The second-order valence-corrected chi connectivity index (χ2v) is 6.22. The van der Waals surface area contributed by atoms with Crippen LogP contribution in [0.4, 0.5) is 5.69 Å². The maximum Gasteiger partial charge on any atom is 0.152 e. The van der Waals surface area contributed by atoms with Gasteiger partial charge in [-0.2, -0.15) is 0 Å². The fourth-order valence-electron chi connectivity index (χ4n) is 2.67. The summed E-state index contributed by atoms with van der Waals surface area (Å²) in [5.74, 6) is 0.188. The molecule has 124 valence electrons. The van der Waals surface area contributed by atoms with Crippen LogP contribution in [0.1, 0.15) is 38.0 Å². The van der Waals surface area contributed by atoms with Crippen LogP contribution in [0.15, 0.2) is 54.6 Å². The van der Waals surface area contributed by atoms with Crippen LogP contribution in [0.5, 0.6) is 0 Å². The van der Waals surface area contributed by atoms with Crippen LogP contribution >= 0.6 is 0 Å². The maximum atomic E-state index is 9.69. The first-order valence-corrected chi connectivity index (χ1v) is 8.19. The van der Waals surface area contributed by atoms with E-state index in [9.17, 15) is 5.11 Å². The SMILES string of the molecule is Cc1ccc(N[C@@H](C)C(C)C(O[C@H](C)O)c2ccccc2)cc1. The highest BCUT2D eigenvalue weighted by molar-refractivity contribution is 5.45. The average Bonchev–Trinajstić information content (AvgIpc) is 2.54. The number of hydrogen-bond donors (Lipinski definition) is 2. The molecule has 4 atom stereocenters. The predicted octanol–water partition coefficient (Wildman–Crippen LogP) is 4.53. The summed E-state index contributed by atoms with van der Waals surface area (Å²) in [6.07, 6.45) is -0.960. The second kappa shape index (κ2) is 8.14. The van der Waals surface area contributed by atoms with Crippen LogP contribution in [0, 0.1) is 12.8 Å². The summed E-state index contributed by atoms with van der Waals surface area (Å²) in [6, 6.07) is 18.6. The molecule has 2 aromatic carbocycles. The largest absolute Gasteiger partial charge is 0.382 e. The van der Waals surface area contributed by atoms with Gasteiger partial charge in [0.1, 0.15) is 0 Å².